The van der Waals surface area contributed by atoms with Gasteiger partial charge in [0.2, 0.25) is 0 Å². The number of nitrogens with zero attached hydrogens (tertiary/aromatic N) is 1. The van der Waals surface area contributed by atoms with Crippen molar-refractivity contribution in [1.82, 2.24) is 0 Å². The molecule has 10 heteroatoms. The molecule has 4 unspecified atom stereocenters. The molecule has 0 radical (unpaired) electrons. The van der Waals surface area contributed by atoms with Crippen molar-refractivity contribution in [2.45, 2.75) is 22.6 Å². The van der Waals surface area contributed by atoms with Crippen LogP contribution in [0.25, 0.3) is 0 Å². The molecule has 4 atom stereocenters. The van der Waals surface area contributed by atoms with Gasteiger partial charge in [-0.05, 0) is 66.2 Å². The van der Waals surface area contributed by atoms with Crippen LogP contribution in [0.5, 0.6) is 0 Å². The Balaban J connectivity index is 1.28. The molecule has 1 saturated heterocycles. The third kappa shape index (κ3) is 4.95. The standard InChI is InChI=1S/C25H18Cl5FN2O2/c1-33(17-5-2-15(31)3-6-17)24(34)18-11-16(4-7-19(18)28)32-23-22(35-23)21-20(25(21,29)30)12-8-13(26)10-14(27)9-12/h2-11,20-23,32H,1H3. The molecule has 3 aromatic rings. The van der Waals surface area contributed by atoms with E-state index >= 15 is 0 Å². The van der Waals surface area contributed by atoms with Gasteiger partial charge in [0.05, 0.1) is 10.6 Å². The summed E-state index contributed by atoms with van der Waals surface area (Å²) in [6.45, 7) is 0. The topological polar surface area (TPSA) is 44.9 Å². The van der Waals surface area contributed by atoms with Crippen LogP contribution in [0.4, 0.5) is 15.8 Å². The van der Waals surface area contributed by atoms with E-state index < -0.39 is 4.33 Å². The number of hydrogen-bond donors (Lipinski definition) is 1. The Labute approximate surface area is 226 Å². The van der Waals surface area contributed by atoms with Gasteiger partial charge in [0.1, 0.15) is 16.3 Å². The van der Waals surface area contributed by atoms with E-state index in [9.17, 15) is 9.18 Å². The zero-order chi connectivity index (χ0) is 25.1. The molecular formula is C25H18Cl5FN2O2. The van der Waals surface area contributed by atoms with E-state index in [4.69, 9.17) is 62.7 Å². The Morgan fingerprint density at radius 2 is 1.66 bits per heavy atom. The molecule has 0 spiro atoms. The lowest BCUT2D eigenvalue weighted by atomic mass is 10.1. The number of alkyl halides is 2. The van der Waals surface area contributed by atoms with Gasteiger partial charge in [-0.2, -0.15) is 0 Å². The number of hydrogen-bond acceptors (Lipinski definition) is 3. The van der Waals surface area contributed by atoms with E-state index in [-0.39, 0.29) is 35.9 Å². The number of epoxide rings is 1. The summed E-state index contributed by atoms with van der Waals surface area (Å²) in [5, 5.41) is 4.58. The Morgan fingerprint density at radius 1 is 1.00 bits per heavy atom. The molecule has 3 aromatic carbocycles. The molecule has 2 aliphatic rings. The number of carbonyl (C=O) groups is 1. The Morgan fingerprint density at radius 3 is 2.31 bits per heavy atom. The van der Waals surface area contributed by atoms with Crippen molar-refractivity contribution in [3.63, 3.8) is 0 Å². The van der Waals surface area contributed by atoms with Crippen LogP contribution in [0.15, 0.2) is 60.7 Å². The molecule has 5 rings (SSSR count). The van der Waals surface area contributed by atoms with Gasteiger partial charge in [0, 0.05) is 40.3 Å². The second kappa shape index (κ2) is 9.29. The summed E-state index contributed by atoms with van der Waals surface area (Å²) in [4.78, 5) is 14.5. The molecule has 1 aliphatic carbocycles. The molecule has 0 aromatic heterocycles. The van der Waals surface area contributed by atoms with Gasteiger partial charge in [-0.15, -0.1) is 23.2 Å². The molecule has 35 heavy (non-hydrogen) atoms. The molecule has 1 N–H and O–H groups in total. The van der Waals surface area contributed by atoms with Gasteiger partial charge in [-0.3, -0.25) is 4.79 Å². The number of rotatable bonds is 6. The summed E-state index contributed by atoms with van der Waals surface area (Å²) < 4.78 is 18.1. The fourth-order valence-electron chi connectivity index (χ4n) is 4.36. The van der Waals surface area contributed by atoms with Crippen molar-refractivity contribution in [3.8, 4) is 0 Å². The molecule has 2 fully saturated rings. The summed E-state index contributed by atoms with van der Waals surface area (Å²) >= 11 is 31.8. The average molecular weight is 575 g/mol. The Kier molecular flexibility index (Phi) is 6.62. The highest BCUT2D eigenvalue weighted by molar-refractivity contribution is 6.52. The summed E-state index contributed by atoms with van der Waals surface area (Å²) in [5.41, 5.74) is 2.34. The molecule has 182 valence electrons. The summed E-state index contributed by atoms with van der Waals surface area (Å²) in [6.07, 6.45) is -0.569. The van der Waals surface area contributed by atoms with Crippen LogP contribution in [-0.2, 0) is 4.74 Å². The maximum Gasteiger partial charge on any atom is 0.259 e. The number of carbonyl (C=O) groups excluding carboxylic acids is 1. The lowest BCUT2D eigenvalue weighted by Crippen LogP contribution is -2.26. The fourth-order valence-corrected chi connectivity index (χ4v) is 6.00. The van der Waals surface area contributed by atoms with Gasteiger partial charge in [-0.25, -0.2) is 4.39 Å². The number of nitrogens with one attached hydrogen (secondary N) is 1. The number of halogens is 6. The third-order valence-corrected chi connectivity index (χ3v) is 8.00. The van der Waals surface area contributed by atoms with E-state index in [2.05, 4.69) is 5.32 Å². The van der Waals surface area contributed by atoms with E-state index in [0.29, 0.717) is 32.0 Å². The minimum atomic E-state index is -1.01. The second-order valence-corrected chi connectivity index (χ2v) is 11.3. The van der Waals surface area contributed by atoms with E-state index in [1.165, 1.54) is 29.2 Å². The quantitative estimate of drug-likeness (QED) is 0.242. The predicted octanol–water partition coefficient (Wildman–Crippen LogP) is 7.79. The molecule has 4 nitrogen and oxygen atoms in total. The molecule has 1 saturated carbocycles. The van der Waals surface area contributed by atoms with Crippen molar-refractivity contribution in [2.24, 2.45) is 5.92 Å². The van der Waals surface area contributed by atoms with E-state index in [1.807, 2.05) is 0 Å². The summed E-state index contributed by atoms with van der Waals surface area (Å²) in [5.74, 6) is -1.05. The first kappa shape index (κ1) is 24.9. The SMILES string of the molecule is CN(C(=O)c1cc(NC2OC2C2C(c3cc(Cl)cc(Cl)c3)C2(Cl)Cl)ccc1Cl)c1ccc(F)cc1. The minimum Gasteiger partial charge on any atom is -0.358 e. The molecular weight excluding hydrogens is 557 g/mol. The minimum absolute atomic E-state index is 0.157. The van der Waals surface area contributed by atoms with Gasteiger partial charge < -0.3 is 15.0 Å². The van der Waals surface area contributed by atoms with Crippen LogP contribution >= 0.6 is 58.0 Å². The van der Waals surface area contributed by atoms with E-state index in [1.54, 1.807) is 43.4 Å². The smallest absolute Gasteiger partial charge is 0.259 e. The fraction of sp³-hybridized carbons (Fsp3) is 0.240. The maximum absolute atomic E-state index is 13.2. The zero-order valence-corrected chi connectivity index (χ0v) is 21.9. The van der Waals surface area contributed by atoms with Crippen molar-refractivity contribution in [2.75, 3.05) is 17.3 Å². The lowest BCUT2D eigenvalue weighted by molar-refractivity contribution is 0.0993. The zero-order valence-electron chi connectivity index (χ0n) is 18.1. The molecule has 0 bridgehead atoms. The summed E-state index contributed by atoms with van der Waals surface area (Å²) in [6, 6.07) is 15.9. The van der Waals surface area contributed by atoms with Crippen LogP contribution in [0.2, 0.25) is 15.1 Å². The van der Waals surface area contributed by atoms with Crippen molar-refractivity contribution in [1.29, 1.82) is 0 Å². The summed E-state index contributed by atoms with van der Waals surface area (Å²) in [7, 11) is 1.60. The molecule has 1 amide bonds. The third-order valence-electron chi connectivity index (χ3n) is 6.26. The van der Waals surface area contributed by atoms with Gasteiger partial charge in [0.25, 0.3) is 5.91 Å². The number of ether oxygens (including phenoxy) is 1. The second-order valence-electron chi connectivity index (χ2n) is 8.58. The number of benzene rings is 3. The van der Waals surface area contributed by atoms with Crippen LogP contribution in [0.1, 0.15) is 21.8 Å². The van der Waals surface area contributed by atoms with Gasteiger partial charge >= 0.3 is 0 Å². The highest BCUT2D eigenvalue weighted by Crippen LogP contribution is 2.69. The predicted molar refractivity (Wildman–Crippen MR) is 140 cm³/mol. The van der Waals surface area contributed by atoms with E-state index in [0.717, 1.165) is 5.56 Å². The number of amides is 1. The molecule has 1 aliphatic heterocycles. The van der Waals surface area contributed by atoms with Gasteiger partial charge in [0.15, 0.2) is 6.23 Å². The Bertz CT molecular complexity index is 1280. The van der Waals surface area contributed by atoms with Crippen molar-refractivity contribution in [3.05, 3.63) is 92.7 Å². The first-order chi connectivity index (χ1) is 16.6. The largest absolute Gasteiger partial charge is 0.358 e. The van der Waals surface area contributed by atoms with Gasteiger partial charge in [-0.1, -0.05) is 34.8 Å². The molecule has 1 heterocycles. The van der Waals surface area contributed by atoms with Crippen molar-refractivity contribution >= 4 is 75.3 Å². The monoisotopic (exact) mass is 572 g/mol. The van der Waals surface area contributed by atoms with Crippen LogP contribution < -0.4 is 10.2 Å². The Hall–Kier alpha value is -1.73. The van der Waals surface area contributed by atoms with Crippen LogP contribution in [-0.4, -0.2) is 29.6 Å². The average Bonchev–Trinajstić information content (AvgIpc) is 3.67. The first-order valence-corrected chi connectivity index (χ1v) is 12.5. The highest BCUT2D eigenvalue weighted by Gasteiger charge is 2.72. The number of anilines is 2. The maximum atomic E-state index is 13.2. The van der Waals surface area contributed by atoms with Crippen molar-refractivity contribution < 1.29 is 13.9 Å². The lowest BCUT2D eigenvalue weighted by Gasteiger charge is -2.18. The van der Waals surface area contributed by atoms with Crippen LogP contribution in [0.3, 0.4) is 0 Å². The van der Waals surface area contributed by atoms with Crippen LogP contribution in [0, 0.1) is 11.7 Å². The first-order valence-electron chi connectivity index (χ1n) is 10.7. The highest BCUT2D eigenvalue weighted by atomic mass is 35.5. The normalized spacial score (nSPS) is 24.1.